The van der Waals surface area contributed by atoms with Crippen molar-refractivity contribution in [1.29, 1.82) is 0 Å². The number of rotatable bonds is 5. The molecule has 0 spiro atoms. The fourth-order valence-corrected chi connectivity index (χ4v) is 3.58. The number of nitrogens with one attached hydrogen (secondary N) is 2. The molecule has 0 radical (unpaired) electrons. The number of pyridine rings is 1. The topological polar surface area (TPSA) is 65.4 Å². The number of aliphatic imine (C=N–C) groups is 1. The molecule has 2 N–H and O–H groups in total. The zero-order valence-corrected chi connectivity index (χ0v) is 18.7. The van der Waals surface area contributed by atoms with Gasteiger partial charge in [-0.3, -0.25) is 0 Å². The zero-order chi connectivity index (χ0) is 20.1. The number of nitrogens with zero attached hydrogens (tertiary/aromatic N) is 4. The van der Waals surface area contributed by atoms with Crippen molar-refractivity contribution in [2.45, 2.75) is 32.1 Å². The standard InChI is InChI=1S/C17H20F4N6S.HI/c1-2-22-16(24-8-14-26-13(10-28-14)17(19,20)21)25-11-5-7-27(9-11)15-12(18)4-3-6-23-15;/h3-4,6,10-11H,2,5,7-9H2,1H3,(H2,22,24,25);1H. The summed E-state index contributed by atoms with van der Waals surface area (Å²) in [5.41, 5.74) is -0.899. The van der Waals surface area contributed by atoms with Crippen molar-refractivity contribution < 1.29 is 17.6 Å². The molecule has 0 aliphatic carbocycles. The third-order valence-corrected chi connectivity index (χ3v) is 4.96. The molecule has 12 heteroatoms. The third-order valence-electron chi connectivity index (χ3n) is 4.13. The second-order valence-electron chi connectivity index (χ2n) is 6.20. The van der Waals surface area contributed by atoms with Crippen LogP contribution in [0.5, 0.6) is 0 Å². The van der Waals surface area contributed by atoms with Crippen molar-refractivity contribution in [2.24, 2.45) is 4.99 Å². The quantitative estimate of drug-likeness (QED) is 0.261. The monoisotopic (exact) mass is 544 g/mol. The first-order chi connectivity index (χ1) is 13.4. The average molecular weight is 544 g/mol. The first-order valence-electron chi connectivity index (χ1n) is 8.78. The van der Waals surface area contributed by atoms with Crippen LogP contribution in [0.15, 0.2) is 28.7 Å². The lowest BCUT2D eigenvalue weighted by atomic mass is 10.3. The maximum Gasteiger partial charge on any atom is 0.434 e. The molecular formula is C17H21F4IN6S. The summed E-state index contributed by atoms with van der Waals surface area (Å²) < 4.78 is 51.8. The summed E-state index contributed by atoms with van der Waals surface area (Å²) in [6.07, 6.45) is -2.14. The van der Waals surface area contributed by atoms with Gasteiger partial charge in [0.15, 0.2) is 23.3 Å². The first-order valence-corrected chi connectivity index (χ1v) is 9.66. The predicted octanol–water partition coefficient (Wildman–Crippen LogP) is 3.65. The minimum Gasteiger partial charge on any atom is -0.357 e. The Labute approximate surface area is 186 Å². The van der Waals surface area contributed by atoms with Gasteiger partial charge in [0.2, 0.25) is 0 Å². The lowest BCUT2D eigenvalue weighted by molar-refractivity contribution is -0.140. The molecule has 1 saturated heterocycles. The van der Waals surface area contributed by atoms with Crippen LogP contribution < -0.4 is 15.5 Å². The lowest BCUT2D eigenvalue weighted by Crippen LogP contribution is -2.44. The van der Waals surface area contributed by atoms with Crippen LogP contribution in [0, 0.1) is 5.82 Å². The maximum absolute atomic E-state index is 13.9. The van der Waals surface area contributed by atoms with Crippen LogP contribution in [0.25, 0.3) is 0 Å². The summed E-state index contributed by atoms with van der Waals surface area (Å²) in [5, 5.41) is 7.59. The maximum atomic E-state index is 13.9. The number of alkyl halides is 3. The largest absolute Gasteiger partial charge is 0.434 e. The highest BCUT2D eigenvalue weighted by Crippen LogP contribution is 2.30. The van der Waals surface area contributed by atoms with E-state index >= 15 is 0 Å². The smallest absolute Gasteiger partial charge is 0.357 e. The van der Waals surface area contributed by atoms with Gasteiger partial charge < -0.3 is 15.5 Å². The molecular weight excluding hydrogens is 523 g/mol. The van der Waals surface area contributed by atoms with Gasteiger partial charge in [-0.1, -0.05) is 0 Å². The number of halogens is 5. The third kappa shape index (κ3) is 6.39. The van der Waals surface area contributed by atoms with E-state index in [4.69, 9.17) is 0 Å². The highest BCUT2D eigenvalue weighted by molar-refractivity contribution is 14.0. The Bertz CT molecular complexity index is 828. The Balaban J connectivity index is 0.00000300. The number of thiazole rings is 1. The molecule has 29 heavy (non-hydrogen) atoms. The first kappa shape index (κ1) is 23.6. The summed E-state index contributed by atoms with van der Waals surface area (Å²) in [6.45, 7) is 3.73. The second-order valence-corrected chi connectivity index (χ2v) is 7.15. The number of guanidine groups is 1. The normalized spacial score (nSPS) is 17.2. The van der Waals surface area contributed by atoms with Gasteiger partial charge in [-0.25, -0.2) is 19.4 Å². The Hall–Kier alpha value is -1.70. The minimum atomic E-state index is -4.45. The molecule has 3 rings (SSSR count). The average Bonchev–Trinajstić information content (AvgIpc) is 3.29. The van der Waals surface area contributed by atoms with E-state index in [1.807, 2.05) is 11.8 Å². The molecule has 1 aliphatic rings. The van der Waals surface area contributed by atoms with E-state index in [2.05, 4.69) is 25.6 Å². The highest BCUT2D eigenvalue weighted by atomic mass is 127. The van der Waals surface area contributed by atoms with Crippen LogP contribution in [0.2, 0.25) is 0 Å². The molecule has 1 atom stereocenters. The summed E-state index contributed by atoms with van der Waals surface area (Å²) in [4.78, 5) is 13.8. The summed E-state index contributed by atoms with van der Waals surface area (Å²) in [5.74, 6) is 0.434. The van der Waals surface area contributed by atoms with Crippen molar-refractivity contribution in [3.63, 3.8) is 0 Å². The zero-order valence-electron chi connectivity index (χ0n) is 15.5. The lowest BCUT2D eigenvalue weighted by Gasteiger charge is -2.19. The summed E-state index contributed by atoms with van der Waals surface area (Å²) in [6, 6.07) is 2.93. The van der Waals surface area contributed by atoms with E-state index < -0.39 is 11.9 Å². The van der Waals surface area contributed by atoms with Crippen molar-refractivity contribution in [3.8, 4) is 0 Å². The van der Waals surface area contributed by atoms with Crippen LogP contribution in [-0.4, -0.2) is 41.6 Å². The van der Waals surface area contributed by atoms with Crippen LogP contribution in [0.4, 0.5) is 23.4 Å². The predicted molar refractivity (Wildman–Crippen MR) is 115 cm³/mol. The van der Waals surface area contributed by atoms with Crippen molar-refractivity contribution in [3.05, 3.63) is 40.2 Å². The SMILES string of the molecule is CCNC(=NCc1nc(C(F)(F)F)cs1)NC1CCN(c2ncccc2F)C1.I. The molecule has 1 fully saturated rings. The van der Waals surface area contributed by atoms with E-state index in [0.717, 1.165) is 23.1 Å². The molecule has 3 heterocycles. The van der Waals surface area contributed by atoms with Crippen LogP contribution in [0.3, 0.4) is 0 Å². The number of aromatic nitrogens is 2. The minimum absolute atomic E-state index is 0. The fraction of sp³-hybridized carbons (Fsp3) is 0.471. The molecule has 6 nitrogen and oxygen atoms in total. The Morgan fingerprint density at radius 1 is 1.41 bits per heavy atom. The van der Waals surface area contributed by atoms with E-state index in [9.17, 15) is 17.6 Å². The van der Waals surface area contributed by atoms with E-state index in [1.54, 1.807) is 12.3 Å². The molecule has 0 amide bonds. The summed E-state index contributed by atoms with van der Waals surface area (Å²) >= 11 is 0.927. The fourth-order valence-electron chi connectivity index (χ4n) is 2.85. The molecule has 1 aliphatic heterocycles. The van der Waals surface area contributed by atoms with Gasteiger partial charge in [0, 0.05) is 37.3 Å². The van der Waals surface area contributed by atoms with Crippen LogP contribution in [0.1, 0.15) is 24.0 Å². The molecule has 0 bridgehead atoms. The van der Waals surface area contributed by atoms with Crippen molar-refractivity contribution in [2.75, 3.05) is 24.5 Å². The van der Waals surface area contributed by atoms with Gasteiger partial charge in [0.05, 0.1) is 6.54 Å². The second kappa shape index (κ2) is 10.4. The van der Waals surface area contributed by atoms with E-state index in [-0.39, 0.29) is 47.4 Å². The number of hydrogen-bond donors (Lipinski definition) is 2. The molecule has 0 saturated carbocycles. The number of hydrogen-bond acceptors (Lipinski definition) is 5. The van der Waals surface area contributed by atoms with Crippen LogP contribution in [-0.2, 0) is 12.7 Å². The molecule has 2 aromatic heterocycles. The Morgan fingerprint density at radius 2 is 2.21 bits per heavy atom. The molecule has 2 aromatic rings. The number of anilines is 1. The van der Waals surface area contributed by atoms with Gasteiger partial charge in [-0.2, -0.15) is 13.2 Å². The van der Waals surface area contributed by atoms with Gasteiger partial charge in [0.1, 0.15) is 5.01 Å². The Morgan fingerprint density at radius 3 is 2.86 bits per heavy atom. The van der Waals surface area contributed by atoms with Gasteiger partial charge in [0.25, 0.3) is 0 Å². The highest BCUT2D eigenvalue weighted by Gasteiger charge is 2.33. The van der Waals surface area contributed by atoms with Gasteiger partial charge >= 0.3 is 6.18 Å². The van der Waals surface area contributed by atoms with Gasteiger partial charge in [-0.05, 0) is 25.5 Å². The van der Waals surface area contributed by atoms with Crippen molar-refractivity contribution in [1.82, 2.24) is 20.6 Å². The van der Waals surface area contributed by atoms with Crippen molar-refractivity contribution >= 4 is 47.1 Å². The molecule has 160 valence electrons. The van der Waals surface area contributed by atoms with Crippen LogP contribution >= 0.6 is 35.3 Å². The summed E-state index contributed by atoms with van der Waals surface area (Å²) in [7, 11) is 0. The molecule has 1 unspecified atom stereocenters. The van der Waals surface area contributed by atoms with Gasteiger partial charge in [-0.15, -0.1) is 35.3 Å². The van der Waals surface area contributed by atoms with E-state index in [1.165, 1.54) is 6.07 Å². The molecule has 0 aromatic carbocycles. The van der Waals surface area contributed by atoms with E-state index in [0.29, 0.717) is 31.4 Å². The Kier molecular flexibility index (Phi) is 8.43.